The summed E-state index contributed by atoms with van der Waals surface area (Å²) >= 11 is 0. The van der Waals surface area contributed by atoms with Crippen LogP contribution in [-0.2, 0) is 19.3 Å². The molecule has 3 heteroatoms. The molecular weight excluding hydrogens is 368 g/mol. The van der Waals surface area contributed by atoms with E-state index in [1.807, 2.05) is 54.6 Å². The first-order valence-corrected chi connectivity index (χ1v) is 10.3. The Kier molecular flexibility index (Phi) is 4.86. The van der Waals surface area contributed by atoms with Gasteiger partial charge in [-0.25, -0.2) is 4.68 Å². The zero-order valence-electron chi connectivity index (χ0n) is 16.7. The molecular formula is C27H22N2O. The molecule has 0 saturated carbocycles. The Bertz CT molecular complexity index is 1210. The number of nitrogens with zero attached hydrogens (tertiary/aromatic N) is 2. The summed E-state index contributed by atoms with van der Waals surface area (Å²) < 4.78 is 1.61. The average molecular weight is 390 g/mol. The fourth-order valence-electron chi connectivity index (χ4n) is 4.17. The molecule has 0 amide bonds. The molecule has 2 heterocycles. The van der Waals surface area contributed by atoms with E-state index in [2.05, 4.69) is 36.4 Å². The van der Waals surface area contributed by atoms with Crippen molar-refractivity contribution in [1.29, 1.82) is 0 Å². The van der Waals surface area contributed by atoms with Crippen molar-refractivity contribution >= 4 is 5.91 Å². The molecule has 30 heavy (non-hydrogen) atoms. The van der Waals surface area contributed by atoms with Crippen LogP contribution in [0.4, 0.5) is 0 Å². The van der Waals surface area contributed by atoms with Crippen molar-refractivity contribution in [2.75, 3.05) is 0 Å². The molecule has 4 aromatic rings. The van der Waals surface area contributed by atoms with Crippen molar-refractivity contribution in [2.24, 2.45) is 0 Å². The number of benzene rings is 3. The zero-order chi connectivity index (χ0) is 20.3. The molecule has 0 fully saturated rings. The molecule has 146 valence electrons. The quantitative estimate of drug-likeness (QED) is 0.451. The van der Waals surface area contributed by atoms with Gasteiger partial charge in [-0.3, -0.25) is 4.79 Å². The molecule has 3 aromatic carbocycles. The van der Waals surface area contributed by atoms with Crippen LogP contribution in [-0.4, -0.2) is 15.7 Å². The molecule has 1 aromatic heterocycles. The smallest absolute Gasteiger partial charge is 0.267 e. The van der Waals surface area contributed by atoms with Gasteiger partial charge in [0, 0.05) is 24.5 Å². The Balaban J connectivity index is 1.56. The van der Waals surface area contributed by atoms with Crippen molar-refractivity contribution in [1.82, 2.24) is 9.78 Å². The maximum atomic E-state index is 13.0. The Hall–Kier alpha value is -3.72. The number of aromatic nitrogens is 2. The summed E-state index contributed by atoms with van der Waals surface area (Å²) in [6.07, 6.45) is 3.97. The Morgan fingerprint density at radius 1 is 0.733 bits per heavy atom. The predicted molar refractivity (Wildman–Crippen MR) is 119 cm³/mol. The molecule has 0 aliphatic carbocycles. The molecule has 0 spiro atoms. The standard InChI is InChI=1S/C27H22N2O/c30-26-19-22(16-20-10-4-1-5-11-20)18-25-27(23-14-8-3-9-15-23)24(28-29(25)26)17-21-12-6-2-7-13-21/h1-15,19H,16-18H2. The van der Waals surface area contributed by atoms with Crippen LogP contribution in [0, 0.1) is 0 Å². The van der Waals surface area contributed by atoms with E-state index < -0.39 is 0 Å². The molecule has 0 N–H and O–H groups in total. The third-order valence-electron chi connectivity index (χ3n) is 5.54. The lowest BCUT2D eigenvalue weighted by atomic mass is 9.92. The maximum absolute atomic E-state index is 13.0. The van der Waals surface area contributed by atoms with Gasteiger partial charge in [-0.15, -0.1) is 0 Å². The molecule has 0 bridgehead atoms. The van der Waals surface area contributed by atoms with Crippen LogP contribution >= 0.6 is 0 Å². The van der Waals surface area contributed by atoms with Crippen LogP contribution in [0.2, 0.25) is 0 Å². The highest BCUT2D eigenvalue weighted by molar-refractivity contribution is 5.93. The molecule has 1 aliphatic rings. The minimum atomic E-state index is -0.0568. The highest BCUT2D eigenvalue weighted by atomic mass is 16.2. The molecule has 5 rings (SSSR count). The molecule has 1 aliphatic heterocycles. The van der Waals surface area contributed by atoms with Gasteiger partial charge in [0.2, 0.25) is 0 Å². The summed E-state index contributed by atoms with van der Waals surface area (Å²) in [5.74, 6) is -0.0568. The summed E-state index contributed by atoms with van der Waals surface area (Å²) in [6.45, 7) is 0. The van der Waals surface area contributed by atoms with Crippen molar-refractivity contribution in [3.63, 3.8) is 0 Å². The van der Waals surface area contributed by atoms with Gasteiger partial charge < -0.3 is 0 Å². The van der Waals surface area contributed by atoms with Gasteiger partial charge in [0.25, 0.3) is 5.91 Å². The van der Waals surface area contributed by atoms with E-state index in [9.17, 15) is 4.79 Å². The highest BCUT2D eigenvalue weighted by Gasteiger charge is 2.26. The molecule has 0 radical (unpaired) electrons. The Morgan fingerprint density at radius 3 is 1.93 bits per heavy atom. The number of carbonyl (C=O) groups is 1. The second kappa shape index (κ2) is 7.96. The SMILES string of the molecule is O=C1C=C(Cc2ccccc2)Cc2c(-c3ccccc3)c(Cc3ccccc3)nn21. The highest BCUT2D eigenvalue weighted by Crippen LogP contribution is 2.33. The lowest BCUT2D eigenvalue weighted by Gasteiger charge is -2.16. The number of fused-ring (bicyclic) bond motifs is 1. The first kappa shape index (κ1) is 18.3. The molecule has 3 nitrogen and oxygen atoms in total. The van der Waals surface area contributed by atoms with Crippen LogP contribution in [0.25, 0.3) is 11.1 Å². The Morgan fingerprint density at radius 2 is 1.30 bits per heavy atom. The van der Waals surface area contributed by atoms with E-state index in [1.165, 1.54) is 11.1 Å². The largest absolute Gasteiger partial charge is 0.271 e. The molecule has 0 saturated heterocycles. The normalized spacial score (nSPS) is 13.1. The fourth-order valence-corrected chi connectivity index (χ4v) is 4.17. The Labute approximate surface area is 176 Å². The van der Waals surface area contributed by atoms with Gasteiger partial charge in [-0.2, -0.15) is 5.10 Å². The average Bonchev–Trinajstić information content (AvgIpc) is 3.14. The second-order valence-corrected chi connectivity index (χ2v) is 7.69. The van der Waals surface area contributed by atoms with Crippen LogP contribution in [0.3, 0.4) is 0 Å². The molecule has 0 unspecified atom stereocenters. The van der Waals surface area contributed by atoms with E-state index in [0.29, 0.717) is 6.42 Å². The minimum Gasteiger partial charge on any atom is -0.267 e. The summed E-state index contributed by atoms with van der Waals surface area (Å²) in [5, 5.41) is 4.77. The van der Waals surface area contributed by atoms with Crippen LogP contribution in [0.1, 0.15) is 27.3 Å². The molecule has 0 atom stereocenters. The third-order valence-corrected chi connectivity index (χ3v) is 5.54. The van der Waals surface area contributed by atoms with E-state index in [1.54, 1.807) is 10.8 Å². The maximum Gasteiger partial charge on any atom is 0.271 e. The monoisotopic (exact) mass is 390 g/mol. The number of hydrogen-bond acceptors (Lipinski definition) is 2. The summed E-state index contributed by atoms with van der Waals surface area (Å²) in [4.78, 5) is 13.0. The lowest BCUT2D eigenvalue weighted by molar-refractivity contribution is 0.0945. The summed E-state index contributed by atoms with van der Waals surface area (Å²) in [7, 11) is 0. The van der Waals surface area contributed by atoms with E-state index in [4.69, 9.17) is 5.10 Å². The number of hydrogen-bond donors (Lipinski definition) is 0. The lowest BCUT2D eigenvalue weighted by Crippen LogP contribution is -2.20. The van der Waals surface area contributed by atoms with Gasteiger partial charge in [0.05, 0.1) is 11.4 Å². The van der Waals surface area contributed by atoms with Crippen LogP contribution in [0.5, 0.6) is 0 Å². The van der Waals surface area contributed by atoms with Crippen molar-refractivity contribution in [3.8, 4) is 11.1 Å². The predicted octanol–water partition coefficient (Wildman–Crippen LogP) is 5.51. The van der Waals surface area contributed by atoms with Crippen LogP contribution in [0.15, 0.2) is 103 Å². The first-order chi connectivity index (χ1) is 14.8. The number of allylic oxidation sites excluding steroid dienone is 2. The van der Waals surface area contributed by atoms with Gasteiger partial charge in [-0.05, 0) is 23.1 Å². The van der Waals surface area contributed by atoms with E-state index in [0.717, 1.165) is 40.9 Å². The topological polar surface area (TPSA) is 34.9 Å². The minimum absolute atomic E-state index is 0.0568. The third kappa shape index (κ3) is 3.62. The number of rotatable bonds is 5. The summed E-state index contributed by atoms with van der Waals surface area (Å²) in [5.41, 5.74) is 7.67. The van der Waals surface area contributed by atoms with Gasteiger partial charge >= 0.3 is 0 Å². The van der Waals surface area contributed by atoms with E-state index >= 15 is 0 Å². The van der Waals surface area contributed by atoms with Gasteiger partial charge in [0.15, 0.2) is 0 Å². The summed E-state index contributed by atoms with van der Waals surface area (Å²) in [6, 6.07) is 30.9. The second-order valence-electron chi connectivity index (χ2n) is 7.69. The van der Waals surface area contributed by atoms with Gasteiger partial charge in [-0.1, -0.05) is 96.6 Å². The first-order valence-electron chi connectivity index (χ1n) is 10.3. The zero-order valence-corrected chi connectivity index (χ0v) is 16.7. The van der Waals surface area contributed by atoms with Crippen molar-refractivity contribution in [3.05, 3.63) is 125 Å². The van der Waals surface area contributed by atoms with Crippen LogP contribution < -0.4 is 0 Å². The fraction of sp³-hybridized carbons (Fsp3) is 0.111. The van der Waals surface area contributed by atoms with Crippen molar-refractivity contribution in [2.45, 2.75) is 19.3 Å². The number of carbonyl (C=O) groups excluding carboxylic acids is 1. The van der Waals surface area contributed by atoms with E-state index in [-0.39, 0.29) is 5.91 Å². The van der Waals surface area contributed by atoms with Crippen molar-refractivity contribution < 1.29 is 4.79 Å². The van der Waals surface area contributed by atoms with Gasteiger partial charge in [0.1, 0.15) is 0 Å².